The lowest BCUT2D eigenvalue weighted by Gasteiger charge is -2.29. The molecule has 0 aliphatic carbocycles. The first kappa shape index (κ1) is 23.2. The minimum Gasteiger partial charge on any atom is -0.481 e. The smallest absolute Gasteiger partial charge is 0.300 e. The Bertz CT molecular complexity index is 1410. The molecule has 2 saturated heterocycles. The summed E-state index contributed by atoms with van der Waals surface area (Å²) in [6.45, 7) is 4.36. The minimum atomic E-state index is -0.414. The number of anilines is 3. The maximum atomic E-state index is 13.2. The topological polar surface area (TPSA) is 132 Å². The Morgan fingerprint density at radius 3 is 2.68 bits per heavy atom. The summed E-state index contributed by atoms with van der Waals surface area (Å²) >= 11 is 0. The molecule has 2 aliphatic heterocycles. The number of methoxy groups -OCH3 is 1. The van der Waals surface area contributed by atoms with Gasteiger partial charge in [-0.25, -0.2) is 15.0 Å². The van der Waals surface area contributed by atoms with E-state index in [1.807, 2.05) is 4.90 Å². The number of morpholine rings is 1. The Morgan fingerprint density at radius 1 is 1.03 bits per heavy atom. The monoisotopic (exact) mass is 505 g/mol. The predicted molar refractivity (Wildman–Crippen MR) is 135 cm³/mol. The largest absolute Gasteiger partial charge is 0.481 e. The van der Waals surface area contributed by atoms with Gasteiger partial charge in [-0.15, -0.1) is 0 Å². The molecule has 2 fully saturated rings. The molecule has 12 nitrogen and oxygen atoms in total. The summed E-state index contributed by atoms with van der Waals surface area (Å²) in [4.78, 5) is 35.3. The van der Waals surface area contributed by atoms with Gasteiger partial charge in [0.15, 0.2) is 17.1 Å². The fraction of sp³-hybridized carbons (Fsp3) is 0.400. The standard InChI is InChI=1S/C25H27N7O5/c1-34-20-13-16(5-6-26-20)24-28-18(15-36-24)23(33)27-17-14-19-21(29-22(17)31-7-3-2-4-8-31)30-25(37-19)32-9-11-35-12-10-32/h5-6,13-15H,2-4,7-12H2,1H3,(H,27,33). The van der Waals surface area contributed by atoms with E-state index in [1.165, 1.54) is 19.8 Å². The first-order valence-electron chi connectivity index (χ1n) is 12.3. The van der Waals surface area contributed by atoms with Crippen LogP contribution in [0.15, 0.2) is 39.5 Å². The first-order valence-corrected chi connectivity index (χ1v) is 12.3. The summed E-state index contributed by atoms with van der Waals surface area (Å²) in [7, 11) is 1.53. The van der Waals surface area contributed by atoms with Crippen molar-refractivity contribution in [2.75, 3.05) is 61.6 Å². The lowest BCUT2D eigenvalue weighted by molar-refractivity contribution is 0.102. The van der Waals surface area contributed by atoms with Crippen LogP contribution in [0.1, 0.15) is 29.8 Å². The normalized spacial score (nSPS) is 16.2. The molecule has 4 aromatic heterocycles. The van der Waals surface area contributed by atoms with Gasteiger partial charge in [0, 0.05) is 50.1 Å². The average Bonchev–Trinajstić information content (AvgIpc) is 3.61. The summed E-state index contributed by atoms with van der Waals surface area (Å²) in [6, 6.07) is 5.72. The van der Waals surface area contributed by atoms with Gasteiger partial charge in [0.05, 0.1) is 26.0 Å². The number of ether oxygens (including phenoxy) is 2. The van der Waals surface area contributed by atoms with Gasteiger partial charge in [-0.1, -0.05) is 0 Å². The molecule has 4 aromatic rings. The number of oxazole rings is 2. The lowest BCUT2D eigenvalue weighted by atomic mass is 10.1. The third-order valence-corrected chi connectivity index (χ3v) is 6.46. The van der Waals surface area contributed by atoms with E-state index in [1.54, 1.807) is 24.4 Å². The number of piperidine rings is 1. The highest BCUT2D eigenvalue weighted by atomic mass is 16.5. The van der Waals surface area contributed by atoms with E-state index in [4.69, 9.17) is 23.3 Å². The third-order valence-electron chi connectivity index (χ3n) is 6.46. The van der Waals surface area contributed by atoms with Crippen molar-refractivity contribution < 1.29 is 23.1 Å². The third kappa shape index (κ3) is 4.79. The molecule has 1 N–H and O–H groups in total. The molecule has 192 valence electrons. The van der Waals surface area contributed by atoms with Crippen LogP contribution in [-0.4, -0.2) is 72.3 Å². The second-order valence-electron chi connectivity index (χ2n) is 8.90. The number of aromatic nitrogens is 4. The molecule has 6 rings (SSSR count). The SMILES string of the molecule is COc1cc(-c2nc(C(=O)Nc3cc4oc(N5CCOCC5)nc4nc3N3CCCCC3)co2)ccn1. The van der Waals surface area contributed by atoms with Crippen molar-refractivity contribution in [3.05, 3.63) is 36.4 Å². The molecule has 1 amide bonds. The number of fused-ring (bicyclic) bond motifs is 1. The van der Waals surface area contributed by atoms with Gasteiger partial charge in [0.25, 0.3) is 11.9 Å². The summed E-state index contributed by atoms with van der Waals surface area (Å²) in [5.74, 6) is 0.977. The second-order valence-corrected chi connectivity index (χ2v) is 8.90. The zero-order valence-electron chi connectivity index (χ0n) is 20.5. The fourth-order valence-corrected chi connectivity index (χ4v) is 4.52. The molecule has 0 spiro atoms. The quantitative estimate of drug-likeness (QED) is 0.414. The van der Waals surface area contributed by atoms with Crippen molar-refractivity contribution in [1.29, 1.82) is 0 Å². The number of hydrogen-bond acceptors (Lipinski definition) is 11. The summed E-state index contributed by atoms with van der Waals surface area (Å²) < 4.78 is 22.2. The highest BCUT2D eigenvalue weighted by Crippen LogP contribution is 2.33. The van der Waals surface area contributed by atoms with E-state index in [0.29, 0.717) is 72.4 Å². The van der Waals surface area contributed by atoms with E-state index in [9.17, 15) is 4.79 Å². The number of carbonyl (C=O) groups is 1. The van der Waals surface area contributed by atoms with E-state index >= 15 is 0 Å². The molecule has 0 bridgehead atoms. The van der Waals surface area contributed by atoms with Gasteiger partial charge in [0.2, 0.25) is 17.4 Å². The summed E-state index contributed by atoms with van der Waals surface area (Å²) in [5.41, 5.74) is 2.35. The first-order chi connectivity index (χ1) is 18.2. The van der Waals surface area contributed by atoms with Gasteiger partial charge >= 0.3 is 0 Å². The Labute approximate surface area is 212 Å². The number of nitrogens with zero attached hydrogens (tertiary/aromatic N) is 6. The van der Waals surface area contributed by atoms with Crippen LogP contribution in [0.2, 0.25) is 0 Å². The minimum absolute atomic E-state index is 0.141. The van der Waals surface area contributed by atoms with Crippen LogP contribution in [0.25, 0.3) is 22.7 Å². The van der Waals surface area contributed by atoms with Crippen LogP contribution in [0.3, 0.4) is 0 Å². The second kappa shape index (κ2) is 10.1. The highest BCUT2D eigenvalue weighted by molar-refractivity contribution is 6.05. The van der Waals surface area contributed by atoms with Gasteiger partial charge in [-0.05, 0) is 25.3 Å². The molecular weight excluding hydrogens is 478 g/mol. The number of rotatable bonds is 6. The predicted octanol–water partition coefficient (Wildman–Crippen LogP) is 3.36. The molecule has 0 unspecified atom stereocenters. The van der Waals surface area contributed by atoms with Gasteiger partial charge in [0.1, 0.15) is 6.26 Å². The molecule has 0 radical (unpaired) electrons. The van der Waals surface area contributed by atoms with Crippen molar-refractivity contribution in [2.45, 2.75) is 19.3 Å². The van der Waals surface area contributed by atoms with Crippen LogP contribution in [0.4, 0.5) is 17.5 Å². The molecule has 37 heavy (non-hydrogen) atoms. The van der Waals surface area contributed by atoms with Gasteiger partial charge < -0.3 is 33.4 Å². The fourth-order valence-electron chi connectivity index (χ4n) is 4.52. The van der Waals surface area contributed by atoms with E-state index in [0.717, 1.165) is 25.9 Å². The molecular formula is C25H27N7O5. The number of amides is 1. The average molecular weight is 506 g/mol. The van der Waals surface area contributed by atoms with Crippen molar-refractivity contribution >= 4 is 34.7 Å². The summed E-state index contributed by atoms with van der Waals surface area (Å²) in [6.07, 6.45) is 6.22. The zero-order valence-corrected chi connectivity index (χ0v) is 20.5. The van der Waals surface area contributed by atoms with Crippen LogP contribution in [0, 0.1) is 0 Å². The van der Waals surface area contributed by atoms with Crippen molar-refractivity contribution in [2.24, 2.45) is 0 Å². The van der Waals surface area contributed by atoms with Gasteiger partial charge in [-0.2, -0.15) is 4.98 Å². The van der Waals surface area contributed by atoms with Crippen molar-refractivity contribution in [3.63, 3.8) is 0 Å². The highest BCUT2D eigenvalue weighted by Gasteiger charge is 2.24. The van der Waals surface area contributed by atoms with Gasteiger partial charge in [-0.3, -0.25) is 4.79 Å². The molecule has 2 aliphatic rings. The Morgan fingerprint density at radius 2 is 1.86 bits per heavy atom. The summed E-state index contributed by atoms with van der Waals surface area (Å²) in [5, 5.41) is 2.97. The molecule has 0 atom stereocenters. The van der Waals surface area contributed by atoms with Crippen molar-refractivity contribution in [3.8, 4) is 17.3 Å². The lowest BCUT2D eigenvalue weighted by Crippen LogP contribution is -2.36. The molecule has 0 aromatic carbocycles. The van der Waals surface area contributed by atoms with Crippen LogP contribution < -0.4 is 19.9 Å². The van der Waals surface area contributed by atoms with Crippen LogP contribution in [0.5, 0.6) is 5.88 Å². The Balaban J connectivity index is 1.30. The van der Waals surface area contributed by atoms with Crippen LogP contribution in [-0.2, 0) is 4.74 Å². The van der Waals surface area contributed by atoms with E-state index in [2.05, 4.69) is 25.2 Å². The number of hydrogen-bond donors (Lipinski definition) is 1. The maximum Gasteiger partial charge on any atom is 0.300 e. The number of pyridine rings is 2. The molecule has 12 heteroatoms. The van der Waals surface area contributed by atoms with E-state index in [-0.39, 0.29) is 5.69 Å². The van der Waals surface area contributed by atoms with E-state index < -0.39 is 5.91 Å². The molecule has 6 heterocycles. The number of carbonyl (C=O) groups excluding carboxylic acids is 1. The van der Waals surface area contributed by atoms with Crippen molar-refractivity contribution in [1.82, 2.24) is 19.9 Å². The Kier molecular flexibility index (Phi) is 6.31. The zero-order chi connectivity index (χ0) is 25.2. The number of nitrogens with one attached hydrogen (secondary N) is 1. The molecule has 0 saturated carbocycles. The maximum absolute atomic E-state index is 13.2. The van der Waals surface area contributed by atoms with Crippen LogP contribution >= 0.6 is 0 Å². The Hall–Kier alpha value is -4.19.